The van der Waals surface area contributed by atoms with E-state index in [0.717, 1.165) is 35.3 Å². The van der Waals surface area contributed by atoms with Crippen molar-refractivity contribution in [1.29, 1.82) is 0 Å². The average Bonchev–Trinajstić information content (AvgIpc) is 2.99. The highest BCUT2D eigenvalue weighted by molar-refractivity contribution is 5.94. The van der Waals surface area contributed by atoms with Crippen LogP contribution in [0.2, 0.25) is 0 Å². The maximum atomic E-state index is 10.2. The molecule has 0 aliphatic rings. The van der Waals surface area contributed by atoms with Crippen LogP contribution >= 0.6 is 0 Å². The highest BCUT2D eigenvalue weighted by atomic mass is 16.5. The second-order valence-corrected chi connectivity index (χ2v) is 5.30. The van der Waals surface area contributed by atoms with Crippen molar-refractivity contribution in [2.75, 3.05) is 13.1 Å². The van der Waals surface area contributed by atoms with Crippen LogP contribution in [0.15, 0.2) is 47.0 Å². The predicted molar refractivity (Wildman–Crippen MR) is 87.7 cm³/mol. The van der Waals surface area contributed by atoms with Gasteiger partial charge in [-0.3, -0.25) is 4.90 Å². The highest BCUT2D eigenvalue weighted by Crippen LogP contribution is 2.34. The first-order chi connectivity index (χ1) is 10.7. The Morgan fingerprint density at radius 1 is 1.05 bits per heavy atom. The lowest BCUT2D eigenvalue weighted by molar-refractivity contribution is 0.289. The van der Waals surface area contributed by atoms with Crippen LogP contribution in [-0.2, 0) is 6.54 Å². The average molecular weight is 296 g/mol. The number of hydrogen-bond acceptors (Lipinski definition) is 4. The fraction of sp³-hybridized carbons (Fsp3) is 0.278. The monoisotopic (exact) mass is 296 g/mol. The van der Waals surface area contributed by atoms with Crippen molar-refractivity contribution in [3.05, 3.63) is 48.0 Å². The Balaban J connectivity index is 2.10. The van der Waals surface area contributed by atoms with E-state index in [4.69, 9.17) is 4.52 Å². The lowest BCUT2D eigenvalue weighted by Crippen LogP contribution is -2.22. The van der Waals surface area contributed by atoms with Crippen LogP contribution in [0.25, 0.3) is 22.2 Å². The first-order valence-corrected chi connectivity index (χ1v) is 7.62. The number of nitrogens with zero attached hydrogens (tertiary/aromatic N) is 2. The van der Waals surface area contributed by atoms with Gasteiger partial charge in [-0.1, -0.05) is 49.3 Å². The lowest BCUT2D eigenvalue weighted by Gasteiger charge is -2.18. The molecule has 0 atom stereocenters. The van der Waals surface area contributed by atoms with Gasteiger partial charge in [0.25, 0.3) is 0 Å². The molecule has 0 radical (unpaired) electrons. The third-order valence-electron chi connectivity index (χ3n) is 4.04. The summed E-state index contributed by atoms with van der Waals surface area (Å²) in [5.41, 5.74) is 3.30. The molecule has 1 N–H and O–H groups in total. The summed E-state index contributed by atoms with van der Waals surface area (Å²) in [7, 11) is 0. The third kappa shape index (κ3) is 2.57. The molecule has 0 amide bonds. The molecule has 0 fully saturated rings. The smallest absolute Gasteiger partial charge is 0.175 e. The molecular weight excluding hydrogens is 276 g/mol. The first-order valence-electron chi connectivity index (χ1n) is 7.62. The van der Waals surface area contributed by atoms with E-state index in [1.807, 2.05) is 36.4 Å². The van der Waals surface area contributed by atoms with Crippen LogP contribution < -0.4 is 0 Å². The van der Waals surface area contributed by atoms with Crippen LogP contribution in [0.5, 0.6) is 5.75 Å². The Hall–Kier alpha value is -2.33. The number of hydrogen-bond donors (Lipinski definition) is 1. The third-order valence-corrected chi connectivity index (χ3v) is 4.04. The zero-order valence-corrected chi connectivity index (χ0v) is 12.9. The van der Waals surface area contributed by atoms with Crippen molar-refractivity contribution in [3.63, 3.8) is 0 Å². The molecule has 0 unspecified atom stereocenters. The van der Waals surface area contributed by atoms with Gasteiger partial charge in [-0.05, 0) is 25.2 Å². The van der Waals surface area contributed by atoms with Gasteiger partial charge in [0.2, 0.25) is 0 Å². The zero-order chi connectivity index (χ0) is 15.5. The number of aromatic hydroxyl groups is 1. The fourth-order valence-corrected chi connectivity index (χ4v) is 2.68. The highest BCUT2D eigenvalue weighted by Gasteiger charge is 2.17. The van der Waals surface area contributed by atoms with Crippen LogP contribution in [0, 0.1) is 0 Å². The van der Waals surface area contributed by atoms with E-state index in [-0.39, 0.29) is 5.75 Å². The topological polar surface area (TPSA) is 49.5 Å². The summed E-state index contributed by atoms with van der Waals surface area (Å²) in [6, 6.07) is 13.5. The van der Waals surface area contributed by atoms with Crippen LogP contribution in [0.4, 0.5) is 0 Å². The molecule has 4 heteroatoms. The molecule has 22 heavy (non-hydrogen) atoms. The van der Waals surface area contributed by atoms with Gasteiger partial charge >= 0.3 is 0 Å². The number of rotatable bonds is 5. The van der Waals surface area contributed by atoms with Crippen molar-refractivity contribution in [1.82, 2.24) is 10.1 Å². The molecule has 114 valence electrons. The Labute approximate surface area is 130 Å². The van der Waals surface area contributed by atoms with Crippen molar-refractivity contribution in [2.45, 2.75) is 20.4 Å². The fourth-order valence-electron chi connectivity index (χ4n) is 2.68. The minimum atomic E-state index is 0.259. The number of phenolic OH excluding ortho intramolecular Hbond substituents is 1. The normalized spacial score (nSPS) is 11.4. The van der Waals surface area contributed by atoms with Crippen molar-refractivity contribution in [3.8, 4) is 17.0 Å². The SMILES string of the molecule is CCN(CC)Cc1c(O)ccc2c(-c3ccccc3)noc12. The summed E-state index contributed by atoms with van der Waals surface area (Å²) >= 11 is 0. The van der Waals surface area contributed by atoms with E-state index in [0.29, 0.717) is 12.1 Å². The summed E-state index contributed by atoms with van der Waals surface area (Å²) in [4.78, 5) is 2.24. The van der Waals surface area contributed by atoms with E-state index in [2.05, 4.69) is 23.9 Å². The molecule has 3 rings (SSSR count). The molecule has 3 aromatic rings. The molecule has 1 heterocycles. The predicted octanol–water partition coefficient (Wildman–Crippen LogP) is 4.04. The van der Waals surface area contributed by atoms with E-state index < -0.39 is 0 Å². The van der Waals surface area contributed by atoms with Gasteiger partial charge in [-0.15, -0.1) is 0 Å². The molecule has 2 aromatic carbocycles. The molecule has 0 saturated carbocycles. The number of phenols is 1. The number of benzene rings is 2. The van der Waals surface area contributed by atoms with Gasteiger partial charge in [0.1, 0.15) is 11.4 Å². The summed E-state index contributed by atoms with van der Waals surface area (Å²) < 4.78 is 5.57. The molecule has 0 saturated heterocycles. The lowest BCUT2D eigenvalue weighted by atomic mass is 10.0. The van der Waals surface area contributed by atoms with Gasteiger partial charge in [0.05, 0.1) is 10.9 Å². The summed E-state index contributed by atoms with van der Waals surface area (Å²) in [6.07, 6.45) is 0. The maximum absolute atomic E-state index is 10.2. The van der Waals surface area contributed by atoms with Crippen LogP contribution in [0.1, 0.15) is 19.4 Å². The Morgan fingerprint density at radius 3 is 2.45 bits per heavy atom. The molecule has 0 bridgehead atoms. The molecule has 0 aliphatic heterocycles. The first kappa shape index (κ1) is 14.6. The van der Waals surface area contributed by atoms with Crippen LogP contribution in [-0.4, -0.2) is 28.3 Å². The van der Waals surface area contributed by atoms with E-state index in [1.54, 1.807) is 6.07 Å². The minimum Gasteiger partial charge on any atom is -0.507 e. The van der Waals surface area contributed by atoms with Crippen molar-refractivity contribution in [2.24, 2.45) is 0 Å². The van der Waals surface area contributed by atoms with E-state index in [1.165, 1.54) is 0 Å². The maximum Gasteiger partial charge on any atom is 0.175 e. The molecular formula is C18H20N2O2. The molecule has 0 spiro atoms. The molecule has 0 aliphatic carbocycles. The van der Waals surface area contributed by atoms with Gasteiger partial charge in [0.15, 0.2) is 5.58 Å². The van der Waals surface area contributed by atoms with E-state index >= 15 is 0 Å². The zero-order valence-electron chi connectivity index (χ0n) is 12.9. The van der Waals surface area contributed by atoms with Gasteiger partial charge in [-0.2, -0.15) is 0 Å². The Kier molecular flexibility index (Phi) is 4.11. The van der Waals surface area contributed by atoms with Gasteiger partial charge < -0.3 is 9.63 Å². The summed E-state index contributed by atoms with van der Waals surface area (Å²) in [5.74, 6) is 0.259. The quantitative estimate of drug-likeness (QED) is 0.772. The second kappa shape index (κ2) is 6.20. The number of aromatic nitrogens is 1. The molecule has 1 aromatic heterocycles. The van der Waals surface area contributed by atoms with Crippen molar-refractivity contribution >= 4 is 11.0 Å². The minimum absolute atomic E-state index is 0.259. The summed E-state index contributed by atoms with van der Waals surface area (Å²) in [6.45, 7) is 6.71. The molecule has 4 nitrogen and oxygen atoms in total. The Bertz CT molecular complexity index is 761. The summed E-state index contributed by atoms with van der Waals surface area (Å²) in [5, 5.41) is 15.4. The van der Waals surface area contributed by atoms with E-state index in [9.17, 15) is 5.11 Å². The number of fused-ring (bicyclic) bond motifs is 1. The van der Waals surface area contributed by atoms with Crippen molar-refractivity contribution < 1.29 is 9.63 Å². The standard InChI is InChI=1S/C18H20N2O2/c1-3-20(4-2)12-15-16(21)11-10-14-17(19-22-18(14)15)13-8-6-5-7-9-13/h5-11,21H,3-4,12H2,1-2H3. The van der Waals surface area contributed by atoms with Gasteiger partial charge in [0, 0.05) is 12.1 Å². The largest absolute Gasteiger partial charge is 0.507 e. The van der Waals surface area contributed by atoms with Crippen LogP contribution in [0.3, 0.4) is 0 Å². The Morgan fingerprint density at radius 2 is 1.77 bits per heavy atom. The van der Waals surface area contributed by atoms with Gasteiger partial charge in [-0.25, -0.2) is 0 Å². The second-order valence-electron chi connectivity index (χ2n) is 5.30.